The molecule has 2 aliphatic heterocycles. The van der Waals surface area contributed by atoms with Gasteiger partial charge in [-0.05, 0) is 48.2 Å². The standard InChI is InChI=1S/C17H10FN3O5S/c18-10-1-3-11(4-2-10)19-17-20-16(22)15(27-17)6-9-5-13-14(26-8-25-13)7-12(9)21(23)24/h1-7H,8H2,(H,19,20,22). The highest BCUT2D eigenvalue weighted by Gasteiger charge is 2.27. The number of fused-ring (bicyclic) bond motifs is 1. The summed E-state index contributed by atoms with van der Waals surface area (Å²) >= 11 is 1.03. The van der Waals surface area contributed by atoms with Crippen molar-refractivity contribution in [3.63, 3.8) is 0 Å². The molecule has 0 bridgehead atoms. The summed E-state index contributed by atoms with van der Waals surface area (Å²) in [6, 6.07) is 8.18. The molecular formula is C17H10FN3O5S. The van der Waals surface area contributed by atoms with Gasteiger partial charge in [0.2, 0.25) is 6.79 Å². The zero-order valence-electron chi connectivity index (χ0n) is 13.5. The molecule has 0 aromatic heterocycles. The fourth-order valence-corrected chi connectivity index (χ4v) is 3.31. The van der Waals surface area contributed by atoms with Gasteiger partial charge in [0.25, 0.3) is 11.6 Å². The van der Waals surface area contributed by atoms with Gasteiger partial charge < -0.3 is 14.8 Å². The second-order valence-corrected chi connectivity index (χ2v) is 6.51. The van der Waals surface area contributed by atoms with Gasteiger partial charge in [-0.2, -0.15) is 0 Å². The van der Waals surface area contributed by atoms with Crippen molar-refractivity contribution in [2.75, 3.05) is 6.79 Å². The van der Waals surface area contributed by atoms with Gasteiger partial charge in [-0.25, -0.2) is 9.38 Å². The Morgan fingerprint density at radius 3 is 2.63 bits per heavy atom. The Morgan fingerprint density at radius 2 is 1.93 bits per heavy atom. The molecule has 8 nitrogen and oxygen atoms in total. The van der Waals surface area contributed by atoms with E-state index in [0.717, 1.165) is 11.8 Å². The highest BCUT2D eigenvalue weighted by atomic mass is 32.2. The molecule has 2 aliphatic rings. The van der Waals surface area contributed by atoms with E-state index in [4.69, 9.17) is 9.47 Å². The minimum absolute atomic E-state index is 0.0176. The highest BCUT2D eigenvalue weighted by molar-refractivity contribution is 8.18. The average molecular weight is 387 g/mol. The first kappa shape index (κ1) is 17.0. The molecule has 1 fully saturated rings. The third kappa shape index (κ3) is 3.47. The molecule has 10 heteroatoms. The monoisotopic (exact) mass is 387 g/mol. The van der Waals surface area contributed by atoms with Crippen molar-refractivity contribution < 1.29 is 23.6 Å². The van der Waals surface area contributed by atoms with Gasteiger partial charge >= 0.3 is 0 Å². The number of amides is 1. The number of rotatable bonds is 3. The first-order valence-corrected chi connectivity index (χ1v) is 8.44. The van der Waals surface area contributed by atoms with Crippen molar-refractivity contribution in [3.8, 4) is 11.5 Å². The number of aliphatic imine (C=N–C) groups is 1. The Bertz CT molecular complexity index is 1020. The molecule has 2 aromatic rings. The second-order valence-electron chi connectivity index (χ2n) is 5.48. The number of nitro benzene ring substituents is 1. The van der Waals surface area contributed by atoms with Gasteiger partial charge in [0.05, 0.1) is 27.1 Å². The van der Waals surface area contributed by atoms with Crippen LogP contribution in [0.3, 0.4) is 0 Å². The van der Waals surface area contributed by atoms with E-state index in [0.29, 0.717) is 16.6 Å². The van der Waals surface area contributed by atoms with Crippen LogP contribution in [0, 0.1) is 15.9 Å². The molecule has 1 saturated heterocycles. The minimum Gasteiger partial charge on any atom is -0.454 e. The summed E-state index contributed by atoms with van der Waals surface area (Å²) in [6.45, 7) is -0.0176. The minimum atomic E-state index is -0.556. The number of nitro groups is 1. The number of ether oxygens (including phenoxy) is 2. The number of carbonyl (C=O) groups excluding carboxylic acids is 1. The molecule has 0 unspecified atom stereocenters. The summed E-state index contributed by atoms with van der Waals surface area (Å²) < 4.78 is 23.3. The zero-order valence-corrected chi connectivity index (χ0v) is 14.3. The van der Waals surface area contributed by atoms with Gasteiger partial charge in [-0.3, -0.25) is 14.9 Å². The maximum Gasteiger partial charge on any atom is 0.280 e. The summed E-state index contributed by atoms with van der Waals surface area (Å²) in [4.78, 5) is 27.4. The maximum absolute atomic E-state index is 13.0. The first-order chi connectivity index (χ1) is 13.0. The van der Waals surface area contributed by atoms with E-state index in [1.165, 1.54) is 42.5 Å². The number of nitrogens with one attached hydrogen (secondary N) is 1. The number of amidine groups is 1. The van der Waals surface area contributed by atoms with Crippen LogP contribution in [0.2, 0.25) is 0 Å². The predicted octanol–water partition coefficient (Wildman–Crippen LogP) is 3.35. The number of nitrogens with zero attached hydrogens (tertiary/aromatic N) is 2. The molecule has 0 saturated carbocycles. The molecule has 4 rings (SSSR count). The van der Waals surface area contributed by atoms with Gasteiger partial charge in [-0.1, -0.05) is 0 Å². The van der Waals surface area contributed by atoms with Crippen molar-refractivity contribution in [1.82, 2.24) is 5.32 Å². The molecule has 0 spiro atoms. The fourth-order valence-electron chi connectivity index (χ4n) is 2.48. The molecule has 1 amide bonds. The Kier molecular flexibility index (Phi) is 4.24. The quantitative estimate of drug-likeness (QED) is 0.492. The molecule has 0 aliphatic carbocycles. The van der Waals surface area contributed by atoms with Crippen LogP contribution in [-0.2, 0) is 4.79 Å². The van der Waals surface area contributed by atoms with E-state index in [-0.39, 0.29) is 28.7 Å². The number of carbonyl (C=O) groups is 1. The van der Waals surface area contributed by atoms with Gasteiger partial charge in [0, 0.05) is 0 Å². The Hall–Kier alpha value is -3.40. The Labute approximate surface area is 155 Å². The van der Waals surface area contributed by atoms with Gasteiger partial charge in [0.1, 0.15) is 5.82 Å². The lowest BCUT2D eigenvalue weighted by atomic mass is 10.1. The number of hydrogen-bond donors (Lipinski definition) is 1. The molecule has 2 heterocycles. The van der Waals surface area contributed by atoms with E-state index < -0.39 is 16.6 Å². The zero-order chi connectivity index (χ0) is 19.0. The summed E-state index contributed by atoms with van der Waals surface area (Å²) in [5.41, 5.74) is 0.475. The molecular weight excluding hydrogens is 377 g/mol. The second kappa shape index (κ2) is 6.72. The molecule has 1 N–H and O–H groups in total. The van der Waals surface area contributed by atoms with E-state index >= 15 is 0 Å². The molecule has 27 heavy (non-hydrogen) atoms. The lowest BCUT2D eigenvalue weighted by molar-refractivity contribution is -0.385. The molecule has 136 valence electrons. The van der Waals surface area contributed by atoms with E-state index in [1.807, 2.05) is 0 Å². The molecule has 0 atom stereocenters. The largest absolute Gasteiger partial charge is 0.454 e. The van der Waals surface area contributed by atoms with Crippen molar-refractivity contribution in [2.45, 2.75) is 0 Å². The van der Waals surface area contributed by atoms with E-state index in [1.54, 1.807) is 0 Å². The van der Waals surface area contributed by atoms with E-state index in [2.05, 4.69) is 10.3 Å². The van der Waals surface area contributed by atoms with Crippen molar-refractivity contribution in [3.05, 3.63) is 62.8 Å². The fraction of sp³-hybridized carbons (Fsp3) is 0.0588. The number of hydrogen-bond acceptors (Lipinski definition) is 7. The van der Waals surface area contributed by atoms with Crippen molar-refractivity contribution in [1.29, 1.82) is 0 Å². The van der Waals surface area contributed by atoms with Crippen LogP contribution >= 0.6 is 11.8 Å². The summed E-state index contributed by atoms with van der Waals surface area (Å²) in [6.07, 6.45) is 1.40. The smallest absolute Gasteiger partial charge is 0.280 e. The van der Waals surface area contributed by atoms with Crippen LogP contribution in [-0.4, -0.2) is 22.8 Å². The van der Waals surface area contributed by atoms with Crippen LogP contribution in [0.4, 0.5) is 15.8 Å². The average Bonchev–Trinajstić information content (AvgIpc) is 3.22. The maximum atomic E-state index is 13.0. The van der Waals surface area contributed by atoms with Crippen LogP contribution < -0.4 is 14.8 Å². The Morgan fingerprint density at radius 1 is 1.22 bits per heavy atom. The molecule has 2 aromatic carbocycles. The van der Waals surface area contributed by atoms with E-state index in [9.17, 15) is 19.3 Å². The third-order valence-corrected chi connectivity index (χ3v) is 4.62. The number of thioether (sulfide) groups is 1. The lowest BCUT2D eigenvalue weighted by Crippen LogP contribution is -2.19. The Balaban J connectivity index is 1.66. The number of halogens is 1. The lowest BCUT2D eigenvalue weighted by Gasteiger charge is -2.01. The topological polar surface area (TPSA) is 103 Å². The predicted molar refractivity (Wildman–Crippen MR) is 96.4 cm³/mol. The summed E-state index contributed by atoms with van der Waals surface area (Å²) in [7, 11) is 0. The van der Waals surface area contributed by atoms with Gasteiger partial charge in [0.15, 0.2) is 16.7 Å². The SMILES string of the molecule is O=C1NC(=Nc2ccc(F)cc2)SC1=Cc1cc2c(cc1[N+](=O)[O-])OCO2. The van der Waals surface area contributed by atoms with Crippen LogP contribution in [0.25, 0.3) is 6.08 Å². The number of benzene rings is 2. The summed E-state index contributed by atoms with van der Waals surface area (Å²) in [5.74, 6) is -0.174. The van der Waals surface area contributed by atoms with Crippen LogP contribution in [0.5, 0.6) is 11.5 Å². The highest BCUT2D eigenvalue weighted by Crippen LogP contribution is 2.40. The van der Waals surface area contributed by atoms with Gasteiger partial charge in [-0.15, -0.1) is 0 Å². The van der Waals surface area contributed by atoms with Crippen molar-refractivity contribution >= 4 is 40.3 Å². The normalized spacial score (nSPS) is 18.2. The van der Waals surface area contributed by atoms with Crippen LogP contribution in [0.15, 0.2) is 46.3 Å². The van der Waals surface area contributed by atoms with Crippen molar-refractivity contribution in [2.24, 2.45) is 4.99 Å². The summed E-state index contributed by atoms with van der Waals surface area (Å²) in [5, 5.41) is 14.2. The third-order valence-electron chi connectivity index (χ3n) is 3.71. The molecule has 0 radical (unpaired) electrons. The van der Waals surface area contributed by atoms with Crippen LogP contribution in [0.1, 0.15) is 5.56 Å². The first-order valence-electron chi connectivity index (χ1n) is 7.63.